The molecule has 2 aromatic rings. The summed E-state index contributed by atoms with van der Waals surface area (Å²) in [6.07, 6.45) is 9.95. The summed E-state index contributed by atoms with van der Waals surface area (Å²) in [7, 11) is 0. The second kappa shape index (κ2) is 10.7. The lowest BCUT2D eigenvalue weighted by molar-refractivity contribution is -0.125. The van der Waals surface area contributed by atoms with Gasteiger partial charge in [-0.1, -0.05) is 26.7 Å². The van der Waals surface area contributed by atoms with Crippen LogP contribution in [0.15, 0.2) is 11.4 Å². The molecule has 0 radical (unpaired) electrons. The molecular weight excluding hydrogens is 470 g/mol. The first-order chi connectivity index (χ1) is 17.3. The Balaban J connectivity index is 1.28. The van der Waals surface area contributed by atoms with Gasteiger partial charge in [0.05, 0.1) is 6.04 Å². The van der Waals surface area contributed by atoms with Gasteiger partial charge in [0.25, 0.3) is 0 Å². The molecule has 1 N–H and O–H groups in total. The Labute approximate surface area is 219 Å². The summed E-state index contributed by atoms with van der Waals surface area (Å²) >= 11 is 1.61. The smallest absolute Gasteiger partial charge is 0.223 e. The van der Waals surface area contributed by atoms with Crippen molar-refractivity contribution in [3.63, 3.8) is 0 Å². The maximum atomic E-state index is 13.1. The topological polar surface area (TPSA) is 80.1 Å². The zero-order chi connectivity index (χ0) is 25.4. The lowest BCUT2D eigenvalue weighted by Crippen LogP contribution is -2.45. The molecule has 7 nitrogen and oxygen atoms in total. The van der Waals surface area contributed by atoms with E-state index in [-0.39, 0.29) is 23.7 Å². The summed E-state index contributed by atoms with van der Waals surface area (Å²) in [4.78, 5) is 28.8. The molecule has 2 aliphatic heterocycles. The predicted molar refractivity (Wildman–Crippen MR) is 142 cm³/mol. The van der Waals surface area contributed by atoms with Crippen LogP contribution in [0.2, 0.25) is 0 Å². The van der Waals surface area contributed by atoms with Crippen LogP contribution in [-0.2, 0) is 4.79 Å². The molecule has 2 aromatic heterocycles. The summed E-state index contributed by atoms with van der Waals surface area (Å²) in [6, 6.07) is 3.58. The highest BCUT2D eigenvalue weighted by Crippen LogP contribution is 2.42. The standard InChI is InChI=1S/C28H41N5O2S/c1-17(2)27-31-30-19(4)33(27)24-14-22-9-10-23(15-24)32(22)12-11-25(26-13-21(16-36-26)18(3)34)29-28(35)20-7-5-6-8-20/h13,16-17,20,22-25H,5-12,14-15H2,1-4H3,(H,29,35)/t22-,23-,25-/m0/s1. The van der Waals surface area contributed by atoms with Gasteiger partial charge in [-0.25, -0.2) is 0 Å². The van der Waals surface area contributed by atoms with E-state index in [1.54, 1.807) is 18.3 Å². The Morgan fingerprint density at radius 3 is 2.39 bits per heavy atom. The molecule has 1 aliphatic carbocycles. The minimum Gasteiger partial charge on any atom is -0.348 e. The molecule has 36 heavy (non-hydrogen) atoms. The third-order valence-electron chi connectivity index (χ3n) is 8.72. The largest absolute Gasteiger partial charge is 0.348 e. The first kappa shape index (κ1) is 25.6. The molecule has 1 saturated carbocycles. The first-order valence-corrected chi connectivity index (χ1v) is 14.8. The maximum absolute atomic E-state index is 13.1. The summed E-state index contributed by atoms with van der Waals surface area (Å²) in [6.45, 7) is 9.07. The predicted octanol–water partition coefficient (Wildman–Crippen LogP) is 5.58. The highest BCUT2D eigenvalue weighted by atomic mass is 32.1. The Hall–Kier alpha value is -2.06. The fraction of sp³-hybridized carbons (Fsp3) is 0.714. The molecule has 5 rings (SSSR count). The van der Waals surface area contributed by atoms with Crippen LogP contribution in [0.5, 0.6) is 0 Å². The highest BCUT2D eigenvalue weighted by Gasteiger charge is 2.42. The second-order valence-corrected chi connectivity index (χ2v) is 12.4. The van der Waals surface area contributed by atoms with Crippen molar-refractivity contribution in [1.82, 2.24) is 25.0 Å². The van der Waals surface area contributed by atoms with Crippen LogP contribution in [0.25, 0.3) is 0 Å². The molecular formula is C28H41N5O2S. The van der Waals surface area contributed by atoms with Crippen LogP contribution >= 0.6 is 11.3 Å². The normalized spacial score (nSPS) is 25.5. The number of hydrogen-bond donors (Lipinski definition) is 1. The van der Waals surface area contributed by atoms with Gasteiger partial charge in [0, 0.05) is 52.3 Å². The second-order valence-electron chi connectivity index (χ2n) is 11.5. The van der Waals surface area contributed by atoms with Crippen molar-refractivity contribution in [3.8, 4) is 0 Å². The number of amides is 1. The summed E-state index contributed by atoms with van der Waals surface area (Å²) < 4.78 is 2.41. The van der Waals surface area contributed by atoms with Crippen molar-refractivity contribution in [3.05, 3.63) is 33.5 Å². The molecule has 8 heteroatoms. The van der Waals surface area contributed by atoms with Crippen molar-refractivity contribution in [1.29, 1.82) is 0 Å². The fourth-order valence-electron chi connectivity index (χ4n) is 6.81. The average Bonchev–Trinajstić information content (AvgIpc) is 3.63. The summed E-state index contributed by atoms with van der Waals surface area (Å²) in [5, 5.41) is 14.2. The Kier molecular flexibility index (Phi) is 7.63. The van der Waals surface area contributed by atoms with Crippen molar-refractivity contribution >= 4 is 23.0 Å². The monoisotopic (exact) mass is 511 g/mol. The quantitative estimate of drug-likeness (QED) is 0.445. The Bertz CT molecular complexity index is 1070. The average molecular weight is 512 g/mol. The number of aromatic nitrogens is 3. The molecule has 3 aliphatic rings. The zero-order valence-corrected chi connectivity index (χ0v) is 23.0. The van der Waals surface area contributed by atoms with Gasteiger partial charge in [-0.05, 0) is 64.9 Å². The van der Waals surface area contributed by atoms with Crippen molar-refractivity contribution in [2.45, 2.75) is 116 Å². The number of carbonyl (C=O) groups is 2. The van der Waals surface area contributed by atoms with E-state index in [1.165, 1.54) is 12.8 Å². The highest BCUT2D eigenvalue weighted by molar-refractivity contribution is 7.10. The number of hydrogen-bond acceptors (Lipinski definition) is 6. The molecule has 1 amide bonds. The number of Topliss-reactive ketones (excluding diaryl/α,β-unsaturated/α-hetero) is 1. The Morgan fingerprint density at radius 1 is 1.08 bits per heavy atom. The van der Waals surface area contributed by atoms with Crippen LogP contribution in [-0.4, -0.2) is 50.0 Å². The minimum atomic E-state index is -0.0269. The van der Waals surface area contributed by atoms with Crippen molar-refractivity contribution in [2.75, 3.05) is 6.54 Å². The molecule has 4 heterocycles. The number of carbonyl (C=O) groups excluding carboxylic acids is 2. The van der Waals surface area contributed by atoms with Gasteiger partial charge in [0.1, 0.15) is 11.6 Å². The summed E-state index contributed by atoms with van der Waals surface area (Å²) in [5.41, 5.74) is 0.751. The van der Waals surface area contributed by atoms with E-state index in [2.05, 4.69) is 45.8 Å². The van der Waals surface area contributed by atoms with Crippen LogP contribution in [0.3, 0.4) is 0 Å². The summed E-state index contributed by atoms with van der Waals surface area (Å²) in [5.74, 6) is 2.94. The molecule has 0 spiro atoms. The van der Waals surface area contributed by atoms with E-state index in [0.717, 1.165) is 73.6 Å². The number of piperidine rings is 1. The zero-order valence-electron chi connectivity index (χ0n) is 22.2. The fourth-order valence-corrected chi connectivity index (χ4v) is 7.85. The number of rotatable bonds is 9. The van der Waals surface area contributed by atoms with Gasteiger partial charge < -0.3 is 9.88 Å². The molecule has 196 valence electrons. The molecule has 2 saturated heterocycles. The van der Waals surface area contributed by atoms with Crippen molar-refractivity contribution in [2.24, 2.45) is 5.92 Å². The SMILES string of the molecule is CC(=O)c1csc([C@H](CCN2[C@H]3CC[C@H]2CC(n2c(C)nnc2C(C)C)C3)NC(=O)C2CCCC2)c1. The molecule has 3 atom stereocenters. The van der Waals surface area contributed by atoms with Gasteiger partial charge in [-0.15, -0.1) is 21.5 Å². The number of thiophene rings is 1. The van der Waals surface area contributed by atoms with E-state index in [1.807, 2.05) is 11.4 Å². The third kappa shape index (κ3) is 5.17. The minimum absolute atomic E-state index is 0.0269. The molecule has 2 bridgehead atoms. The van der Waals surface area contributed by atoms with E-state index < -0.39 is 0 Å². The lowest BCUT2D eigenvalue weighted by Gasteiger charge is -2.40. The van der Waals surface area contributed by atoms with Gasteiger partial charge in [-0.2, -0.15) is 0 Å². The molecule has 0 aromatic carbocycles. The van der Waals surface area contributed by atoms with E-state index in [9.17, 15) is 9.59 Å². The lowest BCUT2D eigenvalue weighted by atomic mass is 9.95. The number of aryl methyl sites for hydroxylation is 1. The van der Waals surface area contributed by atoms with Crippen molar-refractivity contribution < 1.29 is 9.59 Å². The van der Waals surface area contributed by atoms with Crippen LogP contribution in [0, 0.1) is 12.8 Å². The van der Waals surface area contributed by atoms with Crippen LogP contribution in [0.4, 0.5) is 0 Å². The number of fused-ring (bicyclic) bond motifs is 2. The molecule has 3 fully saturated rings. The van der Waals surface area contributed by atoms with E-state index >= 15 is 0 Å². The van der Waals surface area contributed by atoms with Gasteiger partial charge in [0.15, 0.2) is 5.78 Å². The van der Waals surface area contributed by atoms with Gasteiger partial charge >= 0.3 is 0 Å². The van der Waals surface area contributed by atoms with Crippen LogP contribution < -0.4 is 5.32 Å². The van der Waals surface area contributed by atoms with Gasteiger partial charge in [-0.3, -0.25) is 14.5 Å². The molecule has 0 unspecified atom stereocenters. The van der Waals surface area contributed by atoms with E-state index in [0.29, 0.717) is 24.0 Å². The van der Waals surface area contributed by atoms with Crippen LogP contribution in [0.1, 0.15) is 123 Å². The number of nitrogens with one attached hydrogen (secondary N) is 1. The number of nitrogens with zero attached hydrogens (tertiary/aromatic N) is 4. The van der Waals surface area contributed by atoms with E-state index in [4.69, 9.17) is 0 Å². The first-order valence-electron chi connectivity index (χ1n) is 13.9. The maximum Gasteiger partial charge on any atom is 0.223 e. The Morgan fingerprint density at radius 2 is 1.78 bits per heavy atom. The number of ketones is 1. The van der Waals surface area contributed by atoms with Gasteiger partial charge in [0.2, 0.25) is 5.91 Å². The third-order valence-corrected chi connectivity index (χ3v) is 9.77.